The molecule has 0 unspecified atom stereocenters. The van der Waals surface area contributed by atoms with E-state index in [0.717, 1.165) is 11.3 Å². The highest BCUT2D eigenvalue weighted by Crippen LogP contribution is 2.37. The zero-order valence-electron chi connectivity index (χ0n) is 16.6. The Morgan fingerprint density at radius 3 is 2.36 bits per heavy atom. The molecule has 0 N–H and O–H groups in total. The summed E-state index contributed by atoms with van der Waals surface area (Å²) >= 11 is 5.98. The van der Waals surface area contributed by atoms with Crippen molar-refractivity contribution in [1.82, 2.24) is 4.90 Å². The molecular formula is C22H26ClNO4. The van der Waals surface area contributed by atoms with Gasteiger partial charge in [-0.3, -0.25) is 9.59 Å². The molecule has 1 amide bonds. The average Bonchev–Trinajstić information content (AvgIpc) is 3.02. The van der Waals surface area contributed by atoms with Crippen LogP contribution in [-0.2, 0) is 16.0 Å². The Morgan fingerprint density at radius 1 is 1.18 bits per heavy atom. The second-order valence-electron chi connectivity index (χ2n) is 7.42. The van der Waals surface area contributed by atoms with Gasteiger partial charge >= 0.3 is 5.97 Å². The van der Waals surface area contributed by atoms with Crippen LogP contribution in [0.1, 0.15) is 47.2 Å². The predicted octanol–water partition coefficient (Wildman–Crippen LogP) is 4.58. The molecule has 6 heteroatoms. The Bertz CT molecular complexity index is 848. The van der Waals surface area contributed by atoms with Crippen molar-refractivity contribution in [3.05, 3.63) is 58.0 Å². The van der Waals surface area contributed by atoms with E-state index in [2.05, 4.69) is 0 Å². The predicted molar refractivity (Wildman–Crippen MR) is 108 cm³/mol. The third kappa shape index (κ3) is 4.25. The lowest BCUT2D eigenvalue weighted by Gasteiger charge is -2.40. The molecule has 3 rings (SSSR count). The van der Waals surface area contributed by atoms with Gasteiger partial charge in [0, 0.05) is 18.1 Å². The van der Waals surface area contributed by atoms with E-state index in [4.69, 9.17) is 20.8 Å². The second-order valence-corrected chi connectivity index (χ2v) is 7.86. The largest absolute Gasteiger partial charge is 0.466 e. The smallest absolute Gasteiger partial charge is 0.312 e. The van der Waals surface area contributed by atoms with E-state index in [-0.39, 0.29) is 11.9 Å². The molecule has 0 bridgehead atoms. The van der Waals surface area contributed by atoms with Crippen molar-refractivity contribution in [3.8, 4) is 0 Å². The third-order valence-electron chi connectivity index (χ3n) is 5.44. The first-order valence-electron chi connectivity index (χ1n) is 9.62. The van der Waals surface area contributed by atoms with Crippen LogP contribution in [0.25, 0.3) is 0 Å². The van der Waals surface area contributed by atoms with E-state index in [1.807, 2.05) is 38.1 Å². The maximum absolute atomic E-state index is 12.9. The zero-order chi connectivity index (χ0) is 20.3. The number of carbonyl (C=O) groups is 2. The van der Waals surface area contributed by atoms with Crippen LogP contribution in [0.3, 0.4) is 0 Å². The molecule has 0 radical (unpaired) electrons. The molecule has 0 atom stereocenters. The number of hydrogen-bond acceptors (Lipinski definition) is 4. The molecule has 1 aliphatic heterocycles. The van der Waals surface area contributed by atoms with Crippen molar-refractivity contribution >= 4 is 23.5 Å². The summed E-state index contributed by atoms with van der Waals surface area (Å²) in [5.41, 5.74) is 1.01. The molecule has 2 heterocycles. The summed E-state index contributed by atoms with van der Waals surface area (Å²) in [5.74, 6) is 1.12. The Morgan fingerprint density at radius 2 is 1.82 bits per heavy atom. The number of hydrogen-bond donors (Lipinski definition) is 0. The number of aryl methyl sites for hydroxylation is 2. The van der Waals surface area contributed by atoms with Crippen molar-refractivity contribution in [1.29, 1.82) is 0 Å². The molecule has 28 heavy (non-hydrogen) atoms. The normalized spacial score (nSPS) is 16.1. The quantitative estimate of drug-likeness (QED) is 0.685. The lowest BCUT2D eigenvalue weighted by atomic mass is 9.73. The molecule has 0 spiro atoms. The van der Waals surface area contributed by atoms with Gasteiger partial charge in [-0.15, -0.1) is 0 Å². The van der Waals surface area contributed by atoms with Crippen molar-refractivity contribution in [2.24, 2.45) is 5.41 Å². The number of benzene rings is 1. The fourth-order valence-electron chi connectivity index (χ4n) is 3.88. The first-order chi connectivity index (χ1) is 13.3. The highest BCUT2D eigenvalue weighted by Gasteiger charge is 2.43. The van der Waals surface area contributed by atoms with Gasteiger partial charge in [0.15, 0.2) is 0 Å². The summed E-state index contributed by atoms with van der Waals surface area (Å²) in [5, 5.41) is 0.667. The number of likely N-dealkylation sites (tertiary alicyclic amines) is 1. The van der Waals surface area contributed by atoms with Gasteiger partial charge in [-0.25, -0.2) is 0 Å². The van der Waals surface area contributed by atoms with Gasteiger partial charge in [0.1, 0.15) is 11.5 Å². The number of esters is 1. The lowest BCUT2D eigenvalue weighted by molar-refractivity contribution is -0.158. The maximum atomic E-state index is 12.9. The molecule has 0 saturated carbocycles. The van der Waals surface area contributed by atoms with Crippen LogP contribution in [0.2, 0.25) is 5.02 Å². The van der Waals surface area contributed by atoms with Gasteiger partial charge in [0.05, 0.1) is 17.6 Å². The van der Waals surface area contributed by atoms with Crippen molar-refractivity contribution in [2.75, 3.05) is 19.7 Å². The highest BCUT2D eigenvalue weighted by molar-refractivity contribution is 6.30. The molecule has 150 valence electrons. The zero-order valence-corrected chi connectivity index (χ0v) is 17.3. The number of furan rings is 1. The van der Waals surface area contributed by atoms with E-state index in [9.17, 15) is 9.59 Å². The molecule has 1 aromatic heterocycles. The van der Waals surface area contributed by atoms with Gasteiger partial charge < -0.3 is 14.1 Å². The van der Waals surface area contributed by atoms with Gasteiger partial charge in [0.2, 0.25) is 0 Å². The Labute approximate surface area is 170 Å². The summed E-state index contributed by atoms with van der Waals surface area (Å²) < 4.78 is 10.9. The van der Waals surface area contributed by atoms with Crippen LogP contribution in [0.5, 0.6) is 0 Å². The third-order valence-corrected chi connectivity index (χ3v) is 5.70. The van der Waals surface area contributed by atoms with Gasteiger partial charge in [-0.05, 0) is 63.8 Å². The number of nitrogens with zero attached hydrogens (tertiary/aromatic N) is 1. The molecule has 1 saturated heterocycles. The molecule has 2 aromatic rings. The number of ether oxygens (including phenoxy) is 1. The summed E-state index contributed by atoms with van der Waals surface area (Å²) in [7, 11) is 0. The number of rotatable bonds is 5. The molecule has 1 aromatic carbocycles. The SMILES string of the molecule is CCOC(=O)C1(Cc2ccc(Cl)cc2)CCN(C(=O)c2cc(C)oc2C)CC1. The van der Waals surface area contributed by atoms with Crippen LogP contribution >= 0.6 is 11.6 Å². The fourth-order valence-corrected chi connectivity index (χ4v) is 4.01. The minimum atomic E-state index is -0.623. The molecule has 1 aliphatic rings. The number of piperidine rings is 1. The van der Waals surface area contributed by atoms with E-state index < -0.39 is 5.41 Å². The van der Waals surface area contributed by atoms with Crippen LogP contribution in [0, 0.1) is 19.3 Å². The summed E-state index contributed by atoms with van der Waals surface area (Å²) in [6.45, 7) is 6.81. The maximum Gasteiger partial charge on any atom is 0.312 e. The number of carbonyl (C=O) groups excluding carboxylic acids is 2. The topological polar surface area (TPSA) is 59.8 Å². The standard InChI is InChI=1S/C22H26ClNO4/c1-4-27-21(26)22(14-17-5-7-18(23)8-6-17)9-11-24(12-10-22)20(25)19-13-15(2)28-16(19)3/h5-8,13H,4,9-12,14H2,1-3H3. The Balaban J connectivity index is 1.76. The second kappa shape index (κ2) is 8.39. The van der Waals surface area contributed by atoms with Crippen LogP contribution in [-0.4, -0.2) is 36.5 Å². The molecular weight excluding hydrogens is 378 g/mol. The molecule has 0 aliphatic carbocycles. The summed E-state index contributed by atoms with van der Waals surface area (Å²) in [6.07, 6.45) is 1.71. The van der Waals surface area contributed by atoms with Crippen molar-refractivity contribution in [2.45, 2.75) is 40.0 Å². The average molecular weight is 404 g/mol. The van der Waals surface area contributed by atoms with Crippen LogP contribution in [0.15, 0.2) is 34.7 Å². The van der Waals surface area contributed by atoms with Gasteiger partial charge in [-0.2, -0.15) is 0 Å². The van der Waals surface area contributed by atoms with Gasteiger partial charge in [0.25, 0.3) is 5.91 Å². The minimum Gasteiger partial charge on any atom is -0.466 e. The first kappa shape index (κ1) is 20.5. The minimum absolute atomic E-state index is 0.0432. The van der Waals surface area contributed by atoms with Crippen LogP contribution in [0.4, 0.5) is 0 Å². The first-order valence-corrected chi connectivity index (χ1v) is 10.0. The van der Waals surface area contributed by atoms with Crippen molar-refractivity contribution < 1.29 is 18.7 Å². The molecule has 5 nitrogen and oxygen atoms in total. The summed E-state index contributed by atoms with van der Waals surface area (Å²) in [6, 6.07) is 9.33. The fraction of sp³-hybridized carbons (Fsp3) is 0.455. The van der Waals surface area contributed by atoms with E-state index in [1.165, 1.54) is 0 Å². The summed E-state index contributed by atoms with van der Waals surface area (Å²) in [4.78, 5) is 27.5. The lowest BCUT2D eigenvalue weighted by Crippen LogP contribution is -2.48. The van der Waals surface area contributed by atoms with E-state index in [0.29, 0.717) is 55.3 Å². The van der Waals surface area contributed by atoms with E-state index >= 15 is 0 Å². The van der Waals surface area contributed by atoms with Gasteiger partial charge in [-0.1, -0.05) is 23.7 Å². The van der Waals surface area contributed by atoms with E-state index in [1.54, 1.807) is 17.9 Å². The van der Waals surface area contributed by atoms with Crippen molar-refractivity contribution in [3.63, 3.8) is 0 Å². The highest BCUT2D eigenvalue weighted by atomic mass is 35.5. The molecule has 1 fully saturated rings. The Hall–Kier alpha value is -2.27. The van der Waals surface area contributed by atoms with Crippen LogP contribution < -0.4 is 0 Å². The Kier molecular flexibility index (Phi) is 6.14. The number of amides is 1. The number of halogens is 1. The monoisotopic (exact) mass is 403 g/mol.